The largest absolute Gasteiger partial charge is 0.497 e. The molecule has 15 heavy (non-hydrogen) atoms. The number of methoxy groups -OCH3 is 2. The molecule has 1 aliphatic rings. The highest BCUT2D eigenvalue weighted by Crippen LogP contribution is 2.43. The summed E-state index contributed by atoms with van der Waals surface area (Å²) in [6, 6.07) is 3.80. The second kappa shape index (κ2) is 3.74. The van der Waals surface area contributed by atoms with E-state index in [0.29, 0.717) is 0 Å². The molecule has 0 aromatic heterocycles. The molecule has 3 heteroatoms. The number of rotatable bonds is 2. The fourth-order valence-corrected chi connectivity index (χ4v) is 2.19. The first-order valence-corrected chi connectivity index (χ1v) is 5.10. The monoisotopic (exact) mass is 208 g/mol. The van der Waals surface area contributed by atoms with E-state index in [-0.39, 0.29) is 5.92 Å². The van der Waals surface area contributed by atoms with Crippen molar-refractivity contribution >= 4 is 0 Å². The first-order chi connectivity index (χ1) is 7.17. The molecule has 2 unspecified atom stereocenters. The topological polar surface area (TPSA) is 38.7 Å². The third-order valence-corrected chi connectivity index (χ3v) is 3.03. The van der Waals surface area contributed by atoms with E-state index < -0.39 is 6.10 Å². The molecule has 0 spiro atoms. The lowest BCUT2D eigenvalue weighted by molar-refractivity contribution is 0.130. The summed E-state index contributed by atoms with van der Waals surface area (Å²) < 4.78 is 10.5. The molecule has 1 aromatic carbocycles. The van der Waals surface area contributed by atoms with Crippen LogP contribution in [-0.4, -0.2) is 19.3 Å². The molecule has 0 fully saturated rings. The van der Waals surface area contributed by atoms with Gasteiger partial charge >= 0.3 is 0 Å². The lowest BCUT2D eigenvalue weighted by Crippen LogP contribution is -2.02. The molecule has 0 heterocycles. The van der Waals surface area contributed by atoms with Gasteiger partial charge in [0.05, 0.1) is 20.3 Å². The predicted octanol–water partition coefficient (Wildman–Crippen LogP) is 1.93. The summed E-state index contributed by atoms with van der Waals surface area (Å²) >= 11 is 0. The summed E-state index contributed by atoms with van der Waals surface area (Å²) in [5.74, 6) is 1.76. The Labute approximate surface area is 89.6 Å². The average Bonchev–Trinajstić information content (AvgIpc) is 2.53. The number of aliphatic hydroxyl groups is 1. The van der Waals surface area contributed by atoms with Gasteiger partial charge in [0, 0.05) is 11.6 Å². The van der Waals surface area contributed by atoms with Gasteiger partial charge in [0.2, 0.25) is 0 Å². The highest BCUT2D eigenvalue weighted by molar-refractivity contribution is 5.50. The number of ether oxygens (including phenoxy) is 2. The SMILES string of the molecule is COc1cc2c(c(OC)c1)C(O)C(C)C2. The van der Waals surface area contributed by atoms with E-state index in [0.717, 1.165) is 29.0 Å². The average molecular weight is 208 g/mol. The van der Waals surface area contributed by atoms with Crippen LogP contribution in [-0.2, 0) is 6.42 Å². The van der Waals surface area contributed by atoms with Gasteiger partial charge in [-0.15, -0.1) is 0 Å². The van der Waals surface area contributed by atoms with Gasteiger partial charge < -0.3 is 14.6 Å². The van der Waals surface area contributed by atoms with Crippen molar-refractivity contribution in [2.24, 2.45) is 5.92 Å². The summed E-state index contributed by atoms with van der Waals surface area (Å²) in [4.78, 5) is 0. The summed E-state index contributed by atoms with van der Waals surface area (Å²) in [6.07, 6.45) is 0.463. The van der Waals surface area contributed by atoms with Gasteiger partial charge in [0.1, 0.15) is 11.5 Å². The maximum Gasteiger partial charge on any atom is 0.128 e. The van der Waals surface area contributed by atoms with Gasteiger partial charge in [-0.3, -0.25) is 0 Å². The molecule has 0 saturated heterocycles. The molecule has 0 aliphatic heterocycles. The van der Waals surface area contributed by atoms with Crippen LogP contribution in [0.1, 0.15) is 24.2 Å². The Morgan fingerprint density at radius 3 is 2.60 bits per heavy atom. The molecular formula is C12H16O3. The van der Waals surface area contributed by atoms with Gasteiger partial charge in [-0.05, 0) is 24.0 Å². The van der Waals surface area contributed by atoms with Crippen LogP contribution >= 0.6 is 0 Å². The van der Waals surface area contributed by atoms with Crippen LogP contribution in [0.5, 0.6) is 11.5 Å². The van der Waals surface area contributed by atoms with E-state index >= 15 is 0 Å². The van der Waals surface area contributed by atoms with Gasteiger partial charge in [-0.25, -0.2) is 0 Å². The van der Waals surface area contributed by atoms with E-state index in [9.17, 15) is 5.11 Å². The van der Waals surface area contributed by atoms with Crippen LogP contribution in [0, 0.1) is 5.92 Å². The molecule has 0 bridgehead atoms. The van der Waals surface area contributed by atoms with Crippen molar-refractivity contribution in [1.82, 2.24) is 0 Å². The van der Waals surface area contributed by atoms with Crippen LogP contribution in [0.3, 0.4) is 0 Å². The second-order valence-corrected chi connectivity index (χ2v) is 4.03. The lowest BCUT2D eigenvalue weighted by Gasteiger charge is -2.13. The number of benzene rings is 1. The molecule has 82 valence electrons. The highest BCUT2D eigenvalue weighted by atomic mass is 16.5. The number of aliphatic hydroxyl groups excluding tert-OH is 1. The smallest absolute Gasteiger partial charge is 0.128 e. The Morgan fingerprint density at radius 1 is 1.27 bits per heavy atom. The van der Waals surface area contributed by atoms with Gasteiger partial charge in [0.15, 0.2) is 0 Å². The van der Waals surface area contributed by atoms with Gasteiger partial charge in [-0.1, -0.05) is 6.92 Å². The molecule has 3 nitrogen and oxygen atoms in total. The second-order valence-electron chi connectivity index (χ2n) is 4.03. The fraction of sp³-hybridized carbons (Fsp3) is 0.500. The van der Waals surface area contributed by atoms with Crippen molar-refractivity contribution in [3.63, 3.8) is 0 Å². The van der Waals surface area contributed by atoms with Crippen molar-refractivity contribution in [3.05, 3.63) is 23.3 Å². The Bertz CT molecular complexity index is 373. The Balaban J connectivity index is 2.53. The quantitative estimate of drug-likeness (QED) is 0.807. The predicted molar refractivity (Wildman–Crippen MR) is 57.4 cm³/mol. The highest BCUT2D eigenvalue weighted by Gasteiger charge is 2.31. The third kappa shape index (κ3) is 1.57. The van der Waals surface area contributed by atoms with Crippen LogP contribution in [0.2, 0.25) is 0 Å². The first-order valence-electron chi connectivity index (χ1n) is 5.10. The molecule has 0 radical (unpaired) electrons. The summed E-state index contributed by atoms with van der Waals surface area (Å²) in [5, 5.41) is 10.0. The summed E-state index contributed by atoms with van der Waals surface area (Å²) in [5.41, 5.74) is 2.05. The summed E-state index contributed by atoms with van der Waals surface area (Å²) in [7, 11) is 3.25. The molecule has 1 aliphatic carbocycles. The normalized spacial score (nSPS) is 23.7. The van der Waals surface area contributed by atoms with Gasteiger partial charge in [-0.2, -0.15) is 0 Å². The van der Waals surface area contributed by atoms with E-state index in [2.05, 4.69) is 0 Å². The van der Waals surface area contributed by atoms with Crippen molar-refractivity contribution in [1.29, 1.82) is 0 Å². The van der Waals surface area contributed by atoms with Crippen LogP contribution < -0.4 is 9.47 Å². The minimum Gasteiger partial charge on any atom is -0.497 e. The zero-order valence-electron chi connectivity index (χ0n) is 9.28. The standard InChI is InChI=1S/C12H16O3/c1-7-4-8-5-9(14-2)6-10(15-3)11(8)12(7)13/h5-7,12-13H,4H2,1-3H3. The Morgan fingerprint density at radius 2 is 2.00 bits per heavy atom. The minimum absolute atomic E-state index is 0.251. The van der Waals surface area contributed by atoms with Crippen molar-refractivity contribution in [3.8, 4) is 11.5 Å². The zero-order valence-corrected chi connectivity index (χ0v) is 9.28. The molecule has 2 atom stereocenters. The third-order valence-electron chi connectivity index (χ3n) is 3.03. The fourth-order valence-electron chi connectivity index (χ4n) is 2.19. The van der Waals surface area contributed by atoms with E-state index in [4.69, 9.17) is 9.47 Å². The maximum absolute atomic E-state index is 10.0. The van der Waals surface area contributed by atoms with E-state index in [1.54, 1.807) is 14.2 Å². The first kappa shape index (κ1) is 10.3. The van der Waals surface area contributed by atoms with E-state index in [1.807, 2.05) is 19.1 Å². The molecule has 1 aromatic rings. The van der Waals surface area contributed by atoms with Crippen LogP contribution in [0.15, 0.2) is 12.1 Å². The zero-order chi connectivity index (χ0) is 11.0. The molecule has 2 rings (SSSR count). The number of hydrogen-bond donors (Lipinski definition) is 1. The van der Waals surface area contributed by atoms with Crippen molar-refractivity contribution in [2.75, 3.05) is 14.2 Å². The molecular weight excluding hydrogens is 192 g/mol. The number of fused-ring (bicyclic) bond motifs is 1. The van der Waals surface area contributed by atoms with Crippen LogP contribution in [0.25, 0.3) is 0 Å². The maximum atomic E-state index is 10.0. The van der Waals surface area contributed by atoms with Crippen molar-refractivity contribution < 1.29 is 14.6 Å². The van der Waals surface area contributed by atoms with Gasteiger partial charge in [0.25, 0.3) is 0 Å². The number of hydrogen-bond acceptors (Lipinski definition) is 3. The molecule has 1 N–H and O–H groups in total. The molecule has 0 amide bonds. The molecule has 0 saturated carbocycles. The lowest BCUT2D eigenvalue weighted by atomic mass is 10.1. The van der Waals surface area contributed by atoms with E-state index in [1.165, 1.54) is 0 Å². The van der Waals surface area contributed by atoms with Crippen LogP contribution in [0.4, 0.5) is 0 Å². The van der Waals surface area contributed by atoms with Crippen molar-refractivity contribution in [2.45, 2.75) is 19.4 Å². The Kier molecular flexibility index (Phi) is 2.57. The Hall–Kier alpha value is -1.22. The minimum atomic E-state index is -0.416. The summed E-state index contributed by atoms with van der Waals surface area (Å²) in [6.45, 7) is 2.04.